The fourth-order valence-electron chi connectivity index (χ4n) is 2.97. The summed E-state index contributed by atoms with van der Waals surface area (Å²) in [5, 5.41) is 0. The van der Waals surface area contributed by atoms with E-state index in [0.29, 0.717) is 18.7 Å². The zero-order chi connectivity index (χ0) is 14.4. The first-order valence-corrected chi connectivity index (χ1v) is 7.38. The molecule has 0 bridgehead atoms. The van der Waals surface area contributed by atoms with Gasteiger partial charge in [0.05, 0.1) is 4.47 Å². The van der Waals surface area contributed by atoms with Gasteiger partial charge in [-0.2, -0.15) is 0 Å². The van der Waals surface area contributed by atoms with Gasteiger partial charge in [-0.1, -0.05) is 0 Å². The van der Waals surface area contributed by atoms with Crippen LogP contribution in [0.15, 0.2) is 22.7 Å². The van der Waals surface area contributed by atoms with Crippen molar-refractivity contribution in [2.45, 2.75) is 31.8 Å². The Morgan fingerprint density at radius 1 is 1.30 bits per heavy atom. The molecular weight excluding hydrogens is 327 g/mol. The molecule has 106 valence electrons. The minimum atomic E-state index is -0.547. The largest absolute Gasteiger partial charge is 0.329 e. The fourth-order valence-corrected chi connectivity index (χ4v) is 3.34. The molecule has 2 heterocycles. The maximum absolute atomic E-state index is 13.3. The van der Waals surface area contributed by atoms with E-state index in [1.165, 1.54) is 17.0 Å². The van der Waals surface area contributed by atoms with Gasteiger partial charge in [0.1, 0.15) is 17.9 Å². The summed E-state index contributed by atoms with van der Waals surface area (Å²) in [4.78, 5) is 28.1. The molecule has 0 N–H and O–H groups in total. The van der Waals surface area contributed by atoms with Crippen LogP contribution < -0.4 is 4.90 Å². The fraction of sp³-hybridized carbons (Fsp3) is 0.429. The third-order valence-electron chi connectivity index (χ3n) is 3.98. The Balaban J connectivity index is 2.01. The molecule has 0 aromatic heterocycles. The van der Waals surface area contributed by atoms with Crippen molar-refractivity contribution in [3.63, 3.8) is 0 Å². The number of fused-ring (bicyclic) bond motifs is 1. The number of hydrogen-bond acceptors (Lipinski definition) is 2. The number of hydrogen-bond donors (Lipinski definition) is 0. The van der Waals surface area contributed by atoms with Crippen molar-refractivity contribution in [1.29, 1.82) is 0 Å². The second-order valence-corrected chi connectivity index (χ2v) is 6.03. The minimum Gasteiger partial charge on any atom is -0.329 e. The van der Waals surface area contributed by atoms with E-state index in [2.05, 4.69) is 15.9 Å². The normalized spacial score (nSPS) is 26.1. The Bertz CT molecular complexity index is 593. The molecule has 3 rings (SSSR count). The van der Waals surface area contributed by atoms with Gasteiger partial charge in [-0.3, -0.25) is 14.5 Å². The van der Waals surface area contributed by atoms with E-state index >= 15 is 0 Å². The summed E-state index contributed by atoms with van der Waals surface area (Å²) < 4.78 is 13.6. The van der Waals surface area contributed by atoms with E-state index in [9.17, 15) is 14.0 Å². The predicted molar refractivity (Wildman–Crippen MR) is 75.8 cm³/mol. The molecular formula is C14H14BrFN2O2. The lowest BCUT2D eigenvalue weighted by molar-refractivity contribution is -0.143. The first kappa shape index (κ1) is 13.5. The van der Waals surface area contributed by atoms with Crippen LogP contribution in [-0.2, 0) is 9.59 Å². The van der Waals surface area contributed by atoms with Crippen LogP contribution in [0.3, 0.4) is 0 Å². The van der Waals surface area contributed by atoms with Crippen molar-refractivity contribution in [1.82, 2.24) is 4.90 Å². The van der Waals surface area contributed by atoms with Gasteiger partial charge >= 0.3 is 0 Å². The molecule has 20 heavy (non-hydrogen) atoms. The predicted octanol–water partition coefficient (Wildman–Crippen LogP) is 2.31. The molecule has 0 saturated carbocycles. The molecule has 2 unspecified atom stereocenters. The van der Waals surface area contributed by atoms with E-state index < -0.39 is 6.04 Å². The topological polar surface area (TPSA) is 40.6 Å². The van der Waals surface area contributed by atoms with Crippen molar-refractivity contribution in [2.24, 2.45) is 0 Å². The highest BCUT2D eigenvalue weighted by Crippen LogP contribution is 2.32. The second kappa shape index (κ2) is 4.84. The lowest BCUT2D eigenvalue weighted by Gasteiger charge is -2.40. The van der Waals surface area contributed by atoms with E-state index in [-0.39, 0.29) is 28.1 Å². The maximum Gasteiger partial charge on any atom is 0.250 e. The Morgan fingerprint density at radius 2 is 2.05 bits per heavy atom. The summed E-state index contributed by atoms with van der Waals surface area (Å²) in [6.07, 6.45) is 1.56. The van der Waals surface area contributed by atoms with Crippen LogP contribution in [0.25, 0.3) is 0 Å². The summed E-state index contributed by atoms with van der Waals surface area (Å²) in [6, 6.07) is 3.47. The van der Waals surface area contributed by atoms with Crippen LogP contribution >= 0.6 is 15.9 Å². The number of amides is 2. The monoisotopic (exact) mass is 340 g/mol. The van der Waals surface area contributed by atoms with Crippen molar-refractivity contribution >= 4 is 33.4 Å². The van der Waals surface area contributed by atoms with Gasteiger partial charge in [0.25, 0.3) is 5.91 Å². The summed E-state index contributed by atoms with van der Waals surface area (Å²) in [6.45, 7) is 2.37. The van der Waals surface area contributed by atoms with Gasteiger partial charge < -0.3 is 4.90 Å². The van der Waals surface area contributed by atoms with Crippen LogP contribution in [-0.4, -0.2) is 35.3 Å². The van der Waals surface area contributed by atoms with E-state index in [4.69, 9.17) is 0 Å². The van der Waals surface area contributed by atoms with Gasteiger partial charge in [-0.15, -0.1) is 0 Å². The summed E-state index contributed by atoms with van der Waals surface area (Å²) in [5.41, 5.74) is 0.552. The SMILES string of the molecule is CC1C(=O)N2CCCC2C(=O)N1c1ccc(F)c(Br)c1. The third kappa shape index (κ3) is 1.93. The van der Waals surface area contributed by atoms with Gasteiger partial charge in [-0.25, -0.2) is 4.39 Å². The van der Waals surface area contributed by atoms with Crippen LogP contribution in [0.4, 0.5) is 10.1 Å². The lowest BCUT2D eigenvalue weighted by atomic mass is 10.1. The molecule has 4 nitrogen and oxygen atoms in total. The first-order valence-electron chi connectivity index (χ1n) is 6.59. The molecule has 2 fully saturated rings. The zero-order valence-corrected chi connectivity index (χ0v) is 12.6. The summed E-state index contributed by atoms with van der Waals surface area (Å²) >= 11 is 3.12. The third-order valence-corrected chi connectivity index (χ3v) is 4.59. The van der Waals surface area contributed by atoms with E-state index in [0.717, 1.165) is 6.42 Å². The number of piperazine rings is 1. The quantitative estimate of drug-likeness (QED) is 0.787. The molecule has 1 aromatic carbocycles. The molecule has 2 saturated heterocycles. The second-order valence-electron chi connectivity index (χ2n) is 5.17. The molecule has 2 atom stereocenters. The molecule has 6 heteroatoms. The van der Waals surface area contributed by atoms with E-state index in [1.807, 2.05) is 0 Å². The number of rotatable bonds is 1. The molecule has 0 radical (unpaired) electrons. The Hall–Kier alpha value is -1.43. The highest BCUT2D eigenvalue weighted by molar-refractivity contribution is 9.10. The van der Waals surface area contributed by atoms with Gasteiger partial charge in [-0.05, 0) is 53.9 Å². The summed E-state index contributed by atoms with van der Waals surface area (Å²) in [5.74, 6) is -0.500. The average Bonchev–Trinajstić information content (AvgIpc) is 2.90. The highest BCUT2D eigenvalue weighted by Gasteiger charge is 2.46. The molecule has 2 aliphatic heterocycles. The van der Waals surface area contributed by atoms with Crippen LogP contribution in [0, 0.1) is 5.82 Å². The smallest absolute Gasteiger partial charge is 0.250 e. The van der Waals surface area contributed by atoms with E-state index in [1.54, 1.807) is 17.9 Å². The lowest BCUT2D eigenvalue weighted by Crippen LogP contribution is -2.62. The van der Waals surface area contributed by atoms with Crippen molar-refractivity contribution in [3.8, 4) is 0 Å². The molecule has 1 aromatic rings. The van der Waals surface area contributed by atoms with Crippen molar-refractivity contribution < 1.29 is 14.0 Å². The Morgan fingerprint density at radius 3 is 2.75 bits per heavy atom. The van der Waals surface area contributed by atoms with Gasteiger partial charge in [0, 0.05) is 12.2 Å². The first-order chi connectivity index (χ1) is 9.50. The average molecular weight is 341 g/mol. The molecule has 0 spiro atoms. The number of anilines is 1. The number of nitrogens with zero attached hydrogens (tertiary/aromatic N) is 2. The number of carbonyl (C=O) groups is 2. The van der Waals surface area contributed by atoms with Gasteiger partial charge in [0.15, 0.2) is 0 Å². The van der Waals surface area contributed by atoms with Gasteiger partial charge in [0.2, 0.25) is 5.91 Å². The number of benzene rings is 1. The minimum absolute atomic E-state index is 0.0347. The van der Waals surface area contributed by atoms with Crippen LogP contribution in [0.1, 0.15) is 19.8 Å². The van der Waals surface area contributed by atoms with Crippen molar-refractivity contribution in [2.75, 3.05) is 11.4 Å². The number of carbonyl (C=O) groups excluding carboxylic acids is 2. The van der Waals surface area contributed by atoms with Crippen molar-refractivity contribution in [3.05, 3.63) is 28.5 Å². The molecule has 0 aliphatic carbocycles. The zero-order valence-electron chi connectivity index (χ0n) is 11.0. The Kier molecular flexibility index (Phi) is 3.28. The molecule has 2 amide bonds. The van der Waals surface area contributed by atoms with Crippen LogP contribution in [0.2, 0.25) is 0 Å². The molecule has 2 aliphatic rings. The number of halogens is 2. The Labute approximate surface area is 124 Å². The highest BCUT2D eigenvalue weighted by atomic mass is 79.9. The van der Waals surface area contributed by atoms with Crippen LogP contribution in [0.5, 0.6) is 0 Å². The maximum atomic E-state index is 13.3. The summed E-state index contributed by atoms with van der Waals surface area (Å²) in [7, 11) is 0. The standard InChI is InChI=1S/C14H14BrFN2O2/c1-8-13(19)17-6-2-3-12(17)14(20)18(8)9-4-5-11(16)10(15)7-9/h4-5,7-8,12H,2-3,6H2,1H3.